The molecule has 0 fully saturated rings. The van der Waals surface area contributed by atoms with Gasteiger partial charge in [0, 0.05) is 11.3 Å². The quantitative estimate of drug-likeness (QED) is 0.657. The monoisotopic (exact) mass is 296 g/mol. The van der Waals surface area contributed by atoms with E-state index in [1.165, 1.54) is 16.7 Å². The third kappa shape index (κ3) is 3.34. The first-order chi connectivity index (χ1) is 10.2. The molecular formula is C17H16N2OS. The lowest BCUT2D eigenvalue weighted by atomic mass is 10.1. The summed E-state index contributed by atoms with van der Waals surface area (Å²) in [5, 5.41) is 8.84. The molecule has 0 N–H and O–H groups in total. The van der Waals surface area contributed by atoms with Crippen LogP contribution in [0.3, 0.4) is 0 Å². The molecule has 0 atom stereocenters. The molecule has 106 valence electrons. The van der Waals surface area contributed by atoms with Gasteiger partial charge < -0.3 is 4.42 Å². The van der Waals surface area contributed by atoms with Crippen molar-refractivity contribution in [1.29, 1.82) is 0 Å². The molecule has 3 rings (SSSR count). The average molecular weight is 296 g/mol. The first-order valence-corrected chi connectivity index (χ1v) is 7.79. The highest BCUT2D eigenvalue weighted by atomic mass is 32.2. The van der Waals surface area contributed by atoms with Crippen LogP contribution in [-0.4, -0.2) is 10.2 Å². The van der Waals surface area contributed by atoms with Gasteiger partial charge in [-0.25, -0.2) is 0 Å². The fourth-order valence-corrected chi connectivity index (χ4v) is 2.70. The Balaban J connectivity index is 1.72. The van der Waals surface area contributed by atoms with Gasteiger partial charge in [-0.1, -0.05) is 48.2 Å². The number of hydrogen-bond donors (Lipinski definition) is 0. The third-order valence-electron chi connectivity index (χ3n) is 3.37. The number of benzene rings is 2. The molecule has 0 bridgehead atoms. The standard InChI is InChI=1S/C17H16N2OS/c1-12-8-9-15(10-13(12)2)16-18-19-17(20-16)21-11-14-6-4-3-5-7-14/h3-10H,11H2,1-2H3. The zero-order chi connectivity index (χ0) is 14.7. The van der Waals surface area contributed by atoms with E-state index < -0.39 is 0 Å². The van der Waals surface area contributed by atoms with E-state index in [1.807, 2.05) is 24.3 Å². The van der Waals surface area contributed by atoms with Crippen molar-refractivity contribution >= 4 is 11.8 Å². The van der Waals surface area contributed by atoms with Crippen LogP contribution in [-0.2, 0) is 5.75 Å². The van der Waals surface area contributed by atoms with Crippen LogP contribution in [0.5, 0.6) is 0 Å². The van der Waals surface area contributed by atoms with E-state index in [0.717, 1.165) is 11.3 Å². The summed E-state index contributed by atoms with van der Waals surface area (Å²) in [4.78, 5) is 0. The molecule has 0 unspecified atom stereocenters. The van der Waals surface area contributed by atoms with E-state index in [1.54, 1.807) is 11.8 Å². The Hall–Kier alpha value is -2.07. The van der Waals surface area contributed by atoms with Gasteiger partial charge in [0.05, 0.1) is 0 Å². The predicted molar refractivity (Wildman–Crippen MR) is 85.2 cm³/mol. The molecule has 21 heavy (non-hydrogen) atoms. The molecule has 3 aromatic rings. The number of rotatable bonds is 4. The lowest BCUT2D eigenvalue weighted by Crippen LogP contribution is -1.83. The molecule has 0 saturated carbocycles. The fraction of sp³-hybridized carbons (Fsp3) is 0.176. The SMILES string of the molecule is Cc1ccc(-c2nnc(SCc3ccccc3)o2)cc1C. The van der Waals surface area contributed by atoms with Gasteiger partial charge in [-0.3, -0.25) is 0 Å². The molecule has 0 saturated heterocycles. The van der Waals surface area contributed by atoms with E-state index in [-0.39, 0.29) is 0 Å². The van der Waals surface area contributed by atoms with Crippen molar-refractivity contribution < 1.29 is 4.42 Å². The first-order valence-electron chi connectivity index (χ1n) is 6.80. The molecule has 0 aliphatic rings. The fourth-order valence-electron chi connectivity index (χ4n) is 1.98. The van der Waals surface area contributed by atoms with Crippen LogP contribution >= 0.6 is 11.8 Å². The second kappa shape index (κ2) is 6.14. The average Bonchev–Trinajstić information content (AvgIpc) is 2.98. The Bertz CT molecular complexity index is 738. The minimum Gasteiger partial charge on any atom is -0.411 e. The summed E-state index contributed by atoms with van der Waals surface area (Å²) in [6, 6.07) is 16.4. The summed E-state index contributed by atoms with van der Waals surface area (Å²) in [7, 11) is 0. The van der Waals surface area contributed by atoms with Crippen LogP contribution in [0.25, 0.3) is 11.5 Å². The molecule has 0 aliphatic heterocycles. The number of aryl methyl sites for hydroxylation is 2. The zero-order valence-corrected chi connectivity index (χ0v) is 12.9. The van der Waals surface area contributed by atoms with Crippen molar-refractivity contribution in [3.05, 3.63) is 65.2 Å². The van der Waals surface area contributed by atoms with Crippen LogP contribution in [0.2, 0.25) is 0 Å². The van der Waals surface area contributed by atoms with E-state index in [9.17, 15) is 0 Å². The lowest BCUT2D eigenvalue weighted by molar-refractivity contribution is 0.466. The number of nitrogens with zero attached hydrogens (tertiary/aromatic N) is 2. The van der Waals surface area contributed by atoms with Gasteiger partial charge in [0.15, 0.2) is 0 Å². The van der Waals surface area contributed by atoms with E-state index in [4.69, 9.17) is 4.42 Å². The zero-order valence-electron chi connectivity index (χ0n) is 12.0. The second-order valence-corrected chi connectivity index (χ2v) is 5.87. The normalized spacial score (nSPS) is 10.8. The molecular weight excluding hydrogens is 280 g/mol. The Labute approximate surface area is 128 Å². The molecule has 0 spiro atoms. The molecule has 1 aromatic heterocycles. The minimum atomic E-state index is 0.577. The predicted octanol–water partition coefficient (Wildman–Crippen LogP) is 4.65. The Morgan fingerprint density at radius 2 is 1.76 bits per heavy atom. The third-order valence-corrected chi connectivity index (χ3v) is 4.26. The molecule has 0 amide bonds. The lowest BCUT2D eigenvalue weighted by Gasteiger charge is -2.01. The van der Waals surface area contributed by atoms with Gasteiger partial charge in [-0.2, -0.15) is 0 Å². The highest BCUT2D eigenvalue weighted by molar-refractivity contribution is 7.98. The van der Waals surface area contributed by atoms with Gasteiger partial charge in [-0.05, 0) is 42.7 Å². The van der Waals surface area contributed by atoms with Gasteiger partial charge in [-0.15, -0.1) is 10.2 Å². The first kappa shape index (κ1) is 13.9. The van der Waals surface area contributed by atoms with Crippen molar-refractivity contribution in [2.75, 3.05) is 0 Å². The summed E-state index contributed by atoms with van der Waals surface area (Å²) in [5.41, 5.74) is 4.70. The van der Waals surface area contributed by atoms with E-state index in [2.05, 4.69) is 48.3 Å². The van der Waals surface area contributed by atoms with Crippen molar-refractivity contribution in [2.45, 2.75) is 24.8 Å². The summed E-state index contributed by atoms with van der Waals surface area (Å²) >= 11 is 1.56. The number of aromatic nitrogens is 2. The smallest absolute Gasteiger partial charge is 0.277 e. The molecule has 2 aromatic carbocycles. The summed E-state index contributed by atoms with van der Waals surface area (Å²) in [6.45, 7) is 4.17. The number of hydrogen-bond acceptors (Lipinski definition) is 4. The maximum atomic E-state index is 5.73. The minimum absolute atomic E-state index is 0.577. The Morgan fingerprint density at radius 1 is 0.952 bits per heavy atom. The summed E-state index contributed by atoms with van der Waals surface area (Å²) < 4.78 is 5.73. The van der Waals surface area contributed by atoms with Crippen LogP contribution < -0.4 is 0 Å². The second-order valence-electron chi connectivity index (χ2n) is 4.95. The molecule has 1 heterocycles. The van der Waals surface area contributed by atoms with Crippen LogP contribution in [0.4, 0.5) is 0 Å². The van der Waals surface area contributed by atoms with Crippen molar-refractivity contribution in [3.63, 3.8) is 0 Å². The van der Waals surface area contributed by atoms with Crippen molar-refractivity contribution in [3.8, 4) is 11.5 Å². The largest absolute Gasteiger partial charge is 0.411 e. The van der Waals surface area contributed by atoms with E-state index >= 15 is 0 Å². The Morgan fingerprint density at radius 3 is 2.52 bits per heavy atom. The number of thioether (sulfide) groups is 1. The van der Waals surface area contributed by atoms with Crippen LogP contribution in [0.15, 0.2) is 58.2 Å². The molecule has 4 heteroatoms. The van der Waals surface area contributed by atoms with Gasteiger partial charge in [0.25, 0.3) is 5.22 Å². The maximum absolute atomic E-state index is 5.73. The highest BCUT2D eigenvalue weighted by Gasteiger charge is 2.09. The summed E-state index contributed by atoms with van der Waals surface area (Å²) in [6.07, 6.45) is 0. The maximum Gasteiger partial charge on any atom is 0.277 e. The van der Waals surface area contributed by atoms with Crippen LogP contribution in [0.1, 0.15) is 16.7 Å². The summed E-state index contributed by atoms with van der Waals surface area (Å²) in [5.74, 6) is 1.41. The topological polar surface area (TPSA) is 38.9 Å². The molecule has 0 radical (unpaired) electrons. The van der Waals surface area contributed by atoms with E-state index in [0.29, 0.717) is 11.1 Å². The van der Waals surface area contributed by atoms with Crippen molar-refractivity contribution in [1.82, 2.24) is 10.2 Å². The van der Waals surface area contributed by atoms with Crippen molar-refractivity contribution in [2.24, 2.45) is 0 Å². The molecule has 3 nitrogen and oxygen atoms in total. The Kier molecular flexibility index (Phi) is 4.06. The van der Waals surface area contributed by atoms with Gasteiger partial charge in [0.2, 0.25) is 5.89 Å². The van der Waals surface area contributed by atoms with Gasteiger partial charge in [0.1, 0.15) is 0 Å². The molecule has 0 aliphatic carbocycles. The highest BCUT2D eigenvalue weighted by Crippen LogP contribution is 2.26. The van der Waals surface area contributed by atoms with Gasteiger partial charge >= 0.3 is 0 Å². The van der Waals surface area contributed by atoms with Crippen LogP contribution in [0, 0.1) is 13.8 Å².